The Morgan fingerprint density at radius 3 is 2.91 bits per heavy atom. The number of nitrogen functional groups attached to an aromatic ring is 1. The van der Waals surface area contributed by atoms with Crippen LogP contribution < -0.4 is 5.73 Å². The van der Waals surface area contributed by atoms with Crippen molar-refractivity contribution in [3.8, 4) is 0 Å². The Hall–Kier alpha value is -2.74. The molecule has 0 saturated heterocycles. The summed E-state index contributed by atoms with van der Waals surface area (Å²) in [6.07, 6.45) is 3.31. The predicted octanol–water partition coefficient (Wildman–Crippen LogP) is 2.18. The Morgan fingerprint density at radius 1 is 1.13 bits per heavy atom. The molecular formula is C15H13N7S. The third kappa shape index (κ3) is 2.46. The molecule has 0 bridgehead atoms. The molecule has 0 amide bonds. The molecule has 0 spiro atoms. The molecule has 4 aromatic rings. The lowest BCUT2D eigenvalue weighted by molar-refractivity contribution is 0.784. The monoisotopic (exact) mass is 323 g/mol. The first-order valence-corrected chi connectivity index (χ1v) is 7.97. The Kier molecular flexibility index (Phi) is 3.30. The number of benzene rings is 1. The first-order chi connectivity index (χ1) is 11.2. The van der Waals surface area contributed by atoms with Crippen LogP contribution in [0, 0.1) is 0 Å². The molecular weight excluding hydrogens is 310 g/mol. The smallest absolute Gasteiger partial charge is 0.162 e. The molecule has 0 saturated carbocycles. The molecule has 114 valence electrons. The maximum absolute atomic E-state index is 6.02. The number of rotatable bonds is 3. The van der Waals surface area contributed by atoms with Gasteiger partial charge in [0.2, 0.25) is 0 Å². The highest BCUT2D eigenvalue weighted by Crippen LogP contribution is 2.27. The van der Waals surface area contributed by atoms with Crippen LogP contribution in [0.3, 0.4) is 0 Å². The second-order valence-corrected chi connectivity index (χ2v) is 5.98. The minimum Gasteiger partial charge on any atom is -0.383 e. The number of anilines is 1. The van der Waals surface area contributed by atoms with Crippen LogP contribution in [-0.2, 0) is 12.8 Å². The van der Waals surface area contributed by atoms with Gasteiger partial charge in [-0.1, -0.05) is 23.9 Å². The molecule has 1 aromatic carbocycles. The van der Waals surface area contributed by atoms with Gasteiger partial charge in [0.1, 0.15) is 23.0 Å². The van der Waals surface area contributed by atoms with Crippen LogP contribution in [0.2, 0.25) is 0 Å². The molecule has 0 aliphatic heterocycles. The van der Waals surface area contributed by atoms with Crippen molar-refractivity contribution in [2.75, 3.05) is 5.73 Å². The van der Waals surface area contributed by atoms with Crippen molar-refractivity contribution >= 4 is 39.5 Å². The number of hydrogen-bond acceptors (Lipinski definition) is 7. The number of thioether (sulfide) groups is 1. The Balaban J connectivity index is 1.66. The molecule has 0 unspecified atom stereocenters. The van der Waals surface area contributed by atoms with E-state index < -0.39 is 0 Å². The van der Waals surface area contributed by atoms with Crippen LogP contribution in [0.15, 0.2) is 41.8 Å². The van der Waals surface area contributed by atoms with E-state index in [9.17, 15) is 0 Å². The largest absolute Gasteiger partial charge is 0.383 e. The number of hydrogen-bond donors (Lipinski definition) is 1. The first kappa shape index (κ1) is 13.9. The Bertz CT molecular complexity index is 1010. The highest BCUT2D eigenvalue weighted by Gasteiger charge is 2.10. The molecule has 0 aliphatic rings. The Morgan fingerprint density at radius 2 is 2.00 bits per heavy atom. The van der Waals surface area contributed by atoms with Crippen LogP contribution in [-0.4, -0.2) is 29.7 Å². The summed E-state index contributed by atoms with van der Waals surface area (Å²) in [5.74, 6) is 1.76. The average molecular weight is 323 g/mol. The fourth-order valence-corrected chi connectivity index (χ4v) is 3.22. The van der Waals surface area contributed by atoms with Crippen molar-refractivity contribution in [2.45, 2.75) is 10.8 Å². The molecule has 7 nitrogen and oxygen atoms in total. The van der Waals surface area contributed by atoms with Crippen LogP contribution in [0.25, 0.3) is 21.9 Å². The van der Waals surface area contributed by atoms with Gasteiger partial charge in [0.15, 0.2) is 5.65 Å². The van der Waals surface area contributed by atoms with E-state index in [2.05, 4.69) is 25.0 Å². The quantitative estimate of drug-likeness (QED) is 0.456. The van der Waals surface area contributed by atoms with E-state index >= 15 is 0 Å². The second-order valence-electron chi connectivity index (χ2n) is 5.02. The molecule has 3 aromatic heterocycles. The first-order valence-electron chi connectivity index (χ1n) is 6.99. The Labute approximate surface area is 136 Å². The van der Waals surface area contributed by atoms with Gasteiger partial charge in [-0.25, -0.2) is 19.9 Å². The highest BCUT2D eigenvalue weighted by atomic mass is 32.2. The molecule has 3 heterocycles. The molecule has 23 heavy (non-hydrogen) atoms. The topological polar surface area (TPSA) is 95.4 Å². The number of aryl methyl sites for hydroxylation is 1. The number of fused-ring (bicyclic) bond motifs is 2. The minimum absolute atomic E-state index is 0.500. The van der Waals surface area contributed by atoms with Gasteiger partial charge in [-0.3, -0.25) is 4.68 Å². The van der Waals surface area contributed by atoms with Gasteiger partial charge in [0, 0.05) is 12.4 Å². The van der Waals surface area contributed by atoms with Gasteiger partial charge in [-0.15, -0.1) is 0 Å². The van der Waals surface area contributed by atoms with Crippen LogP contribution in [0.4, 0.5) is 5.82 Å². The second kappa shape index (κ2) is 5.47. The van der Waals surface area contributed by atoms with Crippen molar-refractivity contribution in [1.29, 1.82) is 0 Å². The summed E-state index contributed by atoms with van der Waals surface area (Å²) < 4.78 is 1.73. The van der Waals surface area contributed by atoms with Crippen molar-refractivity contribution in [2.24, 2.45) is 7.05 Å². The summed E-state index contributed by atoms with van der Waals surface area (Å²) in [6.45, 7) is 0. The van der Waals surface area contributed by atoms with Crippen molar-refractivity contribution < 1.29 is 0 Å². The van der Waals surface area contributed by atoms with Crippen LogP contribution in [0.1, 0.15) is 5.82 Å². The molecule has 0 aliphatic carbocycles. The summed E-state index contributed by atoms with van der Waals surface area (Å²) >= 11 is 1.55. The van der Waals surface area contributed by atoms with Crippen LogP contribution >= 0.6 is 11.8 Å². The molecule has 2 N–H and O–H groups in total. The summed E-state index contributed by atoms with van der Waals surface area (Å²) in [6, 6.07) is 7.72. The summed E-state index contributed by atoms with van der Waals surface area (Å²) in [5, 5.41) is 6.87. The molecule has 0 fully saturated rings. The predicted molar refractivity (Wildman–Crippen MR) is 89.8 cm³/mol. The van der Waals surface area contributed by atoms with Gasteiger partial charge in [0.05, 0.1) is 22.9 Å². The van der Waals surface area contributed by atoms with E-state index in [0.717, 1.165) is 27.0 Å². The summed E-state index contributed by atoms with van der Waals surface area (Å²) in [7, 11) is 1.86. The van der Waals surface area contributed by atoms with E-state index in [-0.39, 0.29) is 0 Å². The van der Waals surface area contributed by atoms with Gasteiger partial charge in [0.25, 0.3) is 0 Å². The zero-order chi connectivity index (χ0) is 15.8. The average Bonchev–Trinajstić information content (AvgIpc) is 2.95. The van der Waals surface area contributed by atoms with Gasteiger partial charge >= 0.3 is 0 Å². The lowest BCUT2D eigenvalue weighted by Gasteiger charge is -2.05. The zero-order valence-corrected chi connectivity index (χ0v) is 13.2. The number of aromatic nitrogens is 6. The standard InChI is InChI=1S/C15H13N7S/c1-22-14-10(6-19-22)15(18-8-17-14)23-7-12-20-11-5-3-2-4-9(11)13(16)21-12/h2-6,8H,7H2,1H3,(H2,16,20,21). The summed E-state index contributed by atoms with van der Waals surface area (Å²) in [4.78, 5) is 17.5. The molecule has 0 radical (unpaired) electrons. The van der Waals surface area contributed by atoms with Crippen LogP contribution in [0.5, 0.6) is 0 Å². The third-order valence-electron chi connectivity index (χ3n) is 3.51. The molecule has 0 atom stereocenters. The molecule has 8 heteroatoms. The third-order valence-corrected chi connectivity index (χ3v) is 4.51. The maximum atomic E-state index is 6.02. The fourth-order valence-electron chi connectivity index (χ4n) is 2.40. The lowest BCUT2D eigenvalue weighted by atomic mass is 10.2. The lowest BCUT2D eigenvalue weighted by Crippen LogP contribution is -2.00. The van der Waals surface area contributed by atoms with Crippen molar-refractivity contribution in [3.63, 3.8) is 0 Å². The minimum atomic E-state index is 0.500. The van der Waals surface area contributed by atoms with Gasteiger partial charge in [-0.2, -0.15) is 5.10 Å². The van der Waals surface area contributed by atoms with E-state index in [1.165, 1.54) is 0 Å². The van der Waals surface area contributed by atoms with E-state index in [1.807, 2.05) is 31.3 Å². The number of nitrogens with zero attached hydrogens (tertiary/aromatic N) is 6. The zero-order valence-electron chi connectivity index (χ0n) is 12.3. The maximum Gasteiger partial charge on any atom is 0.162 e. The van der Waals surface area contributed by atoms with E-state index in [4.69, 9.17) is 5.73 Å². The summed E-state index contributed by atoms with van der Waals surface area (Å²) in [5.41, 5.74) is 7.68. The highest BCUT2D eigenvalue weighted by molar-refractivity contribution is 7.98. The van der Waals surface area contributed by atoms with Crippen molar-refractivity contribution in [1.82, 2.24) is 29.7 Å². The van der Waals surface area contributed by atoms with Gasteiger partial charge < -0.3 is 5.73 Å². The fraction of sp³-hybridized carbons (Fsp3) is 0.133. The molecule has 4 rings (SSSR count). The van der Waals surface area contributed by atoms with Gasteiger partial charge in [-0.05, 0) is 12.1 Å². The normalized spacial score (nSPS) is 11.3. The SMILES string of the molecule is Cn1ncc2c(SCc3nc(N)c4ccccc4n3)ncnc21. The number of nitrogens with two attached hydrogens (primary N) is 1. The van der Waals surface area contributed by atoms with Crippen molar-refractivity contribution in [3.05, 3.63) is 42.6 Å². The van der Waals surface area contributed by atoms with E-state index in [1.54, 1.807) is 29.0 Å². The number of para-hydroxylation sites is 1. The van der Waals surface area contributed by atoms with E-state index in [0.29, 0.717) is 17.4 Å².